The van der Waals surface area contributed by atoms with E-state index in [1.807, 2.05) is 7.05 Å². The van der Waals surface area contributed by atoms with Gasteiger partial charge in [0.05, 0.1) is 6.33 Å². The van der Waals surface area contributed by atoms with E-state index in [-0.39, 0.29) is 5.91 Å². The minimum Gasteiger partial charge on any atom is -0.351 e. The molecule has 0 fully saturated rings. The Labute approximate surface area is 101 Å². The summed E-state index contributed by atoms with van der Waals surface area (Å²) in [5.41, 5.74) is 0.466. The minimum absolute atomic E-state index is 0.112. The molecule has 1 heterocycles. The van der Waals surface area contributed by atoms with E-state index in [1.54, 1.807) is 17.1 Å². The molecule has 4 nitrogen and oxygen atoms in total. The van der Waals surface area contributed by atoms with Crippen LogP contribution < -0.4 is 5.32 Å². The number of rotatable bonds is 6. The van der Waals surface area contributed by atoms with Crippen LogP contribution in [0.2, 0.25) is 0 Å². The smallest absolute Gasteiger partial charge is 0.271 e. The lowest BCUT2D eigenvalue weighted by Gasteiger charge is -2.07. The van der Waals surface area contributed by atoms with E-state index in [0.29, 0.717) is 24.0 Å². The number of aryl methyl sites for hydroxylation is 1. The summed E-state index contributed by atoms with van der Waals surface area (Å²) in [7, 11) is 1.84. The zero-order valence-corrected chi connectivity index (χ0v) is 10.5. The predicted octanol–water partition coefficient (Wildman–Crippen LogP) is 1.80. The van der Waals surface area contributed by atoms with Crippen LogP contribution in [-0.2, 0) is 7.05 Å². The van der Waals surface area contributed by atoms with Crippen molar-refractivity contribution in [1.29, 1.82) is 0 Å². The standard InChI is InChI=1S/C11H18ClN3O/c1-9(6-12)4-3-5-13-11(16)10-7-15(2)8-14-10/h7-9H,3-6H2,1-2H3,(H,13,16). The lowest BCUT2D eigenvalue weighted by Crippen LogP contribution is -2.25. The monoisotopic (exact) mass is 243 g/mol. The number of amides is 1. The van der Waals surface area contributed by atoms with Crippen LogP contribution in [0, 0.1) is 5.92 Å². The molecule has 1 aromatic rings. The number of alkyl halides is 1. The van der Waals surface area contributed by atoms with Crippen LogP contribution in [0.25, 0.3) is 0 Å². The molecule has 0 saturated carbocycles. The first-order valence-corrected chi connectivity index (χ1v) is 5.99. The number of hydrogen-bond donors (Lipinski definition) is 1. The fourth-order valence-corrected chi connectivity index (χ4v) is 1.50. The van der Waals surface area contributed by atoms with E-state index in [2.05, 4.69) is 17.2 Å². The molecule has 0 radical (unpaired) electrons. The summed E-state index contributed by atoms with van der Waals surface area (Å²) in [6.07, 6.45) is 5.31. The zero-order chi connectivity index (χ0) is 12.0. The molecule has 0 aliphatic rings. The topological polar surface area (TPSA) is 46.9 Å². The number of hydrogen-bond acceptors (Lipinski definition) is 2. The molecule has 1 rings (SSSR count). The summed E-state index contributed by atoms with van der Waals surface area (Å²) in [6.45, 7) is 2.78. The maximum atomic E-state index is 11.6. The highest BCUT2D eigenvalue weighted by Crippen LogP contribution is 2.06. The third-order valence-corrected chi connectivity index (χ3v) is 2.89. The molecule has 0 saturated heterocycles. The second kappa shape index (κ2) is 6.53. The molecule has 0 aromatic carbocycles. The van der Waals surface area contributed by atoms with E-state index < -0.39 is 0 Å². The third-order valence-electron chi connectivity index (χ3n) is 2.36. The number of aromatic nitrogens is 2. The van der Waals surface area contributed by atoms with Crippen LogP contribution in [0.1, 0.15) is 30.3 Å². The van der Waals surface area contributed by atoms with Gasteiger partial charge in [-0.1, -0.05) is 6.92 Å². The molecular weight excluding hydrogens is 226 g/mol. The number of carbonyl (C=O) groups excluding carboxylic acids is 1. The van der Waals surface area contributed by atoms with Crippen molar-refractivity contribution in [3.05, 3.63) is 18.2 Å². The molecule has 16 heavy (non-hydrogen) atoms. The van der Waals surface area contributed by atoms with Crippen LogP contribution in [0.4, 0.5) is 0 Å². The van der Waals surface area contributed by atoms with E-state index >= 15 is 0 Å². The molecular formula is C11H18ClN3O. The molecule has 0 spiro atoms. The van der Waals surface area contributed by atoms with Gasteiger partial charge in [-0.2, -0.15) is 0 Å². The second-order valence-electron chi connectivity index (χ2n) is 4.08. The van der Waals surface area contributed by atoms with Crippen LogP contribution in [-0.4, -0.2) is 27.9 Å². The molecule has 1 atom stereocenters. The van der Waals surface area contributed by atoms with Crippen molar-refractivity contribution in [2.24, 2.45) is 13.0 Å². The first-order chi connectivity index (χ1) is 7.63. The highest BCUT2D eigenvalue weighted by atomic mass is 35.5. The van der Waals surface area contributed by atoms with E-state index in [9.17, 15) is 4.79 Å². The molecule has 1 amide bonds. The molecule has 0 bridgehead atoms. The molecule has 90 valence electrons. The highest BCUT2D eigenvalue weighted by Gasteiger charge is 2.07. The van der Waals surface area contributed by atoms with Crippen molar-refractivity contribution in [3.8, 4) is 0 Å². The Balaban J connectivity index is 2.21. The van der Waals surface area contributed by atoms with Gasteiger partial charge in [-0.15, -0.1) is 11.6 Å². The van der Waals surface area contributed by atoms with E-state index in [1.165, 1.54) is 0 Å². The molecule has 0 aliphatic carbocycles. The first kappa shape index (κ1) is 13.0. The number of nitrogens with zero attached hydrogens (tertiary/aromatic N) is 2. The summed E-state index contributed by atoms with van der Waals surface area (Å²) in [4.78, 5) is 15.5. The SMILES string of the molecule is CC(CCl)CCCNC(=O)c1cn(C)cn1. The van der Waals surface area contributed by atoms with Crippen molar-refractivity contribution in [3.63, 3.8) is 0 Å². The summed E-state index contributed by atoms with van der Waals surface area (Å²) >= 11 is 5.69. The summed E-state index contributed by atoms with van der Waals surface area (Å²) < 4.78 is 1.75. The van der Waals surface area contributed by atoms with Crippen LogP contribution in [0.3, 0.4) is 0 Å². The third kappa shape index (κ3) is 4.23. The average Bonchev–Trinajstić information content (AvgIpc) is 2.70. The second-order valence-corrected chi connectivity index (χ2v) is 4.39. The van der Waals surface area contributed by atoms with Gasteiger partial charge in [-0.25, -0.2) is 4.98 Å². The van der Waals surface area contributed by atoms with Gasteiger partial charge in [0.2, 0.25) is 0 Å². The molecule has 1 aromatic heterocycles. The van der Waals surface area contributed by atoms with Crippen molar-refractivity contribution >= 4 is 17.5 Å². The molecule has 1 N–H and O–H groups in total. The number of carbonyl (C=O) groups is 1. The zero-order valence-electron chi connectivity index (χ0n) is 9.74. The van der Waals surface area contributed by atoms with Gasteiger partial charge < -0.3 is 9.88 Å². The molecule has 1 unspecified atom stereocenters. The van der Waals surface area contributed by atoms with Gasteiger partial charge in [0.25, 0.3) is 5.91 Å². The Morgan fingerprint density at radius 2 is 2.44 bits per heavy atom. The number of imidazole rings is 1. The van der Waals surface area contributed by atoms with E-state index in [4.69, 9.17) is 11.6 Å². The van der Waals surface area contributed by atoms with Gasteiger partial charge >= 0.3 is 0 Å². The van der Waals surface area contributed by atoms with E-state index in [0.717, 1.165) is 12.8 Å². The number of halogens is 1. The fourth-order valence-electron chi connectivity index (χ4n) is 1.35. The Kier molecular flexibility index (Phi) is 5.32. The lowest BCUT2D eigenvalue weighted by molar-refractivity contribution is 0.0948. The van der Waals surface area contributed by atoms with Gasteiger partial charge in [0.1, 0.15) is 5.69 Å². The summed E-state index contributed by atoms with van der Waals surface area (Å²) in [6, 6.07) is 0. The van der Waals surface area contributed by atoms with Crippen LogP contribution in [0.15, 0.2) is 12.5 Å². The van der Waals surface area contributed by atoms with Crippen LogP contribution in [0.5, 0.6) is 0 Å². The summed E-state index contributed by atoms with van der Waals surface area (Å²) in [5.74, 6) is 1.07. The fraction of sp³-hybridized carbons (Fsp3) is 0.636. The van der Waals surface area contributed by atoms with Crippen molar-refractivity contribution < 1.29 is 4.79 Å². The largest absolute Gasteiger partial charge is 0.351 e. The quantitative estimate of drug-likeness (QED) is 0.612. The van der Waals surface area contributed by atoms with Gasteiger partial charge in [0.15, 0.2) is 0 Å². The highest BCUT2D eigenvalue weighted by molar-refractivity contribution is 6.18. The van der Waals surface area contributed by atoms with Crippen molar-refractivity contribution in [2.45, 2.75) is 19.8 Å². The Bertz CT molecular complexity index is 338. The van der Waals surface area contributed by atoms with Gasteiger partial charge in [-0.05, 0) is 18.8 Å². The Morgan fingerprint density at radius 3 is 3.00 bits per heavy atom. The first-order valence-electron chi connectivity index (χ1n) is 5.45. The minimum atomic E-state index is -0.112. The Hall–Kier alpha value is -1.03. The summed E-state index contributed by atoms with van der Waals surface area (Å²) in [5, 5.41) is 2.83. The lowest BCUT2D eigenvalue weighted by atomic mass is 10.1. The maximum Gasteiger partial charge on any atom is 0.271 e. The molecule has 0 aliphatic heterocycles. The maximum absolute atomic E-state index is 11.6. The Morgan fingerprint density at radius 1 is 1.69 bits per heavy atom. The number of nitrogens with one attached hydrogen (secondary N) is 1. The van der Waals surface area contributed by atoms with Crippen molar-refractivity contribution in [1.82, 2.24) is 14.9 Å². The van der Waals surface area contributed by atoms with Crippen molar-refractivity contribution in [2.75, 3.05) is 12.4 Å². The van der Waals surface area contributed by atoms with Crippen LogP contribution >= 0.6 is 11.6 Å². The molecule has 5 heteroatoms. The van der Waals surface area contributed by atoms with Gasteiger partial charge in [-0.3, -0.25) is 4.79 Å². The van der Waals surface area contributed by atoms with Gasteiger partial charge in [0, 0.05) is 25.7 Å². The average molecular weight is 244 g/mol. The predicted molar refractivity (Wildman–Crippen MR) is 64.7 cm³/mol. The normalized spacial score (nSPS) is 12.4.